The van der Waals surface area contributed by atoms with Gasteiger partial charge in [-0.15, -0.1) is 0 Å². The summed E-state index contributed by atoms with van der Waals surface area (Å²) in [5, 5.41) is 10.4. The first kappa shape index (κ1) is 21.1. The quantitative estimate of drug-likeness (QED) is 0.379. The molecule has 148 valence electrons. The summed E-state index contributed by atoms with van der Waals surface area (Å²) in [7, 11) is 1.17. The van der Waals surface area contributed by atoms with Crippen LogP contribution in [-0.4, -0.2) is 40.4 Å². The average molecular weight is 414 g/mol. The Bertz CT molecular complexity index is 898. The van der Waals surface area contributed by atoms with Crippen LogP contribution in [0.15, 0.2) is 41.3 Å². The number of ether oxygens (including phenoxy) is 1. The van der Waals surface area contributed by atoms with Crippen LogP contribution in [0, 0.1) is 5.41 Å². The van der Waals surface area contributed by atoms with Crippen molar-refractivity contribution in [3.63, 3.8) is 0 Å². The molecule has 28 heavy (non-hydrogen) atoms. The molecule has 4 N–H and O–H groups in total. The summed E-state index contributed by atoms with van der Waals surface area (Å²) in [5.41, 5.74) is 4.80. The molecular weight excluding hydrogens is 399 g/mol. The van der Waals surface area contributed by atoms with Crippen LogP contribution >= 0.6 is 11.6 Å². The van der Waals surface area contributed by atoms with Gasteiger partial charge in [-0.1, -0.05) is 6.07 Å². The highest BCUT2D eigenvalue weighted by molar-refractivity contribution is 6.28. The first-order chi connectivity index (χ1) is 13.2. The Morgan fingerprint density at radius 3 is 2.68 bits per heavy atom. The standard InChI is InChI=1S/C16H15ClF3N7O/c1-28-13(4-11(22)16(18,19)20)26-12-3-2-9(6-23-12)7-24-14-10(5-21)8-25-15(17)27-14/h2-6,8,21H,7,22H2,1H3,(H,24,25,27). The van der Waals surface area contributed by atoms with E-state index < -0.39 is 11.9 Å². The monoisotopic (exact) mass is 413 g/mol. The Morgan fingerprint density at radius 2 is 2.11 bits per heavy atom. The zero-order valence-corrected chi connectivity index (χ0v) is 15.2. The molecule has 8 nitrogen and oxygen atoms in total. The molecule has 12 heteroatoms. The molecule has 0 atom stereocenters. The SMILES string of the molecule is COC(C=C(N)C(F)(F)F)=Nc1ccc(CNc2nc(Cl)ncc2C=N)cn1. The van der Waals surface area contributed by atoms with Gasteiger partial charge in [-0.05, 0) is 23.2 Å². The minimum absolute atomic E-state index is 0.0363. The lowest BCUT2D eigenvalue weighted by Gasteiger charge is -2.08. The van der Waals surface area contributed by atoms with Gasteiger partial charge < -0.3 is 21.2 Å². The number of rotatable bonds is 6. The number of anilines is 1. The van der Waals surface area contributed by atoms with Crippen molar-refractivity contribution in [3.05, 3.63) is 52.7 Å². The minimum atomic E-state index is -4.68. The van der Waals surface area contributed by atoms with E-state index in [1.807, 2.05) is 0 Å². The zero-order valence-electron chi connectivity index (χ0n) is 14.5. The molecular formula is C16H15ClF3N7O. The summed E-state index contributed by atoms with van der Waals surface area (Å²) in [6.45, 7) is 0.309. The number of hydrogen-bond acceptors (Lipinski definition) is 8. The number of nitrogens with zero attached hydrogens (tertiary/aromatic N) is 4. The van der Waals surface area contributed by atoms with Gasteiger partial charge in [-0.25, -0.2) is 15.0 Å². The summed E-state index contributed by atoms with van der Waals surface area (Å²) in [5.74, 6) is 0.183. The number of aromatic nitrogens is 3. The molecule has 0 aliphatic rings. The van der Waals surface area contributed by atoms with E-state index in [9.17, 15) is 13.2 Å². The van der Waals surface area contributed by atoms with E-state index in [0.717, 1.165) is 11.8 Å². The normalized spacial score (nSPS) is 12.6. The molecule has 0 saturated heterocycles. The largest absolute Gasteiger partial charge is 0.481 e. The molecule has 0 radical (unpaired) electrons. The Morgan fingerprint density at radius 1 is 1.36 bits per heavy atom. The third-order valence-corrected chi connectivity index (χ3v) is 3.43. The molecule has 0 unspecified atom stereocenters. The fourth-order valence-corrected chi connectivity index (χ4v) is 1.99. The van der Waals surface area contributed by atoms with Crippen molar-refractivity contribution >= 4 is 35.3 Å². The number of hydrogen-bond donors (Lipinski definition) is 3. The predicted molar refractivity (Wildman–Crippen MR) is 98.9 cm³/mol. The molecule has 2 aromatic rings. The molecule has 0 amide bonds. The lowest BCUT2D eigenvalue weighted by Crippen LogP contribution is -2.21. The van der Waals surface area contributed by atoms with E-state index in [0.29, 0.717) is 24.0 Å². The van der Waals surface area contributed by atoms with Crippen molar-refractivity contribution in [3.8, 4) is 0 Å². The molecule has 2 aromatic heterocycles. The second-order valence-electron chi connectivity index (χ2n) is 5.22. The number of alkyl halides is 3. The van der Waals surface area contributed by atoms with Gasteiger partial charge in [-0.2, -0.15) is 18.2 Å². The summed E-state index contributed by atoms with van der Waals surface area (Å²) in [6, 6.07) is 3.16. The highest BCUT2D eigenvalue weighted by Gasteiger charge is 2.31. The number of allylic oxidation sites excluding steroid dienone is 1. The predicted octanol–water partition coefficient (Wildman–Crippen LogP) is 3.22. The number of nitrogens with one attached hydrogen (secondary N) is 2. The zero-order chi connectivity index (χ0) is 20.7. The first-order valence-corrected chi connectivity index (χ1v) is 7.99. The highest BCUT2D eigenvalue weighted by Crippen LogP contribution is 2.22. The molecule has 2 heterocycles. The lowest BCUT2D eigenvalue weighted by atomic mass is 10.2. The van der Waals surface area contributed by atoms with Crippen molar-refractivity contribution in [2.45, 2.75) is 12.7 Å². The Balaban J connectivity index is 2.11. The van der Waals surface area contributed by atoms with Crippen molar-refractivity contribution in [2.24, 2.45) is 10.7 Å². The Labute approximate surface area is 162 Å². The van der Waals surface area contributed by atoms with E-state index in [1.54, 1.807) is 6.07 Å². The fraction of sp³-hybridized carbons (Fsp3) is 0.188. The molecule has 0 spiro atoms. The summed E-state index contributed by atoms with van der Waals surface area (Å²) in [4.78, 5) is 15.7. The fourth-order valence-electron chi connectivity index (χ4n) is 1.85. The van der Waals surface area contributed by atoms with Gasteiger partial charge in [0.1, 0.15) is 11.5 Å². The maximum absolute atomic E-state index is 12.5. The topological polar surface area (TPSA) is 122 Å². The van der Waals surface area contributed by atoms with E-state index in [1.165, 1.54) is 25.6 Å². The first-order valence-electron chi connectivity index (χ1n) is 7.61. The molecule has 0 bridgehead atoms. The highest BCUT2D eigenvalue weighted by atomic mass is 35.5. The van der Waals surface area contributed by atoms with Crippen LogP contribution in [-0.2, 0) is 11.3 Å². The van der Waals surface area contributed by atoms with E-state index >= 15 is 0 Å². The molecule has 0 aliphatic carbocycles. The minimum Gasteiger partial charge on any atom is -0.481 e. The summed E-state index contributed by atoms with van der Waals surface area (Å²) in [6.07, 6.45) is -0.131. The average Bonchev–Trinajstić information content (AvgIpc) is 2.66. The van der Waals surface area contributed by atoms with E-state index in [4.69, 9.17) is 27.5 Å². The van der Waals surface area contributed by atoms with Crippen LogP contribution in [0.5, 0.6) is 0 Å². The van der Waals surface area contributed by atoms with Crippen LogP contribution in [0.1, 0.15) is 11.1 Å². The van der Waals surface area contributed by atoms with Gasteiger partial charge in [0.15, 0.2) is 5.82 Å². The molecule has 0 fully saturated rings. The third-order valence-electron chi connectivity index (χ3n) is 3.25. The van der Waals surface area contributed by atoms with Gasteiger partial charge in [0.25, 0.3) is 0 Å². The van der Waals surface area contributed by atoms with E-state index in [-0.39, 0.29) is 17.0 Å². The Hall–Kier alpha value is -3.21. The number of pyridine rings is 1. The van der Waals surface area contributed by atoms with Crippen LogP contribution in [0.3, 0.4) is 0 Å². The van der Waals surface area contributed by atoms with Crippen molar-refractivity contribution < 1.29 is 17.9 Å². The maximum Gasteiger partial charge on any atom is 0.430 e. The number of methoxy groups -OCH3 is 1. The third kappa shape index (κ3) is 5.91. The van der Waals surface area contributed by atoms with Gasteiger partial charge in [0.05, 0.1) is 12.7 Å². The molecule has 0 aliphatic heterocycles. The molecule has 2 rings (SSSR count). The van der Waals surface area contributed by atoms with Crippen LogP contribution < -0.4 is 11.1 Å². The molecule has 0 aromatic carbocycles. The summed E-state index contributed by atoms with van der Waals surface area (Å²) >= 11 is 5.74. The van der Waals surface area contributed by atoms with Gasteiger partial charge in [0.2, 0.25) is 11.2 Å². The maximum atomic E-state index is 12.5. The van der Waals surface area contributed by atoms with Crippen molar-refractivity contribution in [2.75, 3.05) is 12.4 Å². The number of halogens is 4. The number of aliphatic imine (C=N–C) groups is 1. The summed E-state index contributed by atoms with van der Waals surface area (Å²) < 4.78 is 42.2. The second kappa shape index (κ2) is 9.13. The molecule has 0 saturated carbocycles. The van der Waals surface area contributed by atoms with Crippen LogP contribution in [0.4, 0.5) is 24.8 Å². The van der Waals surface area contributed by atoms with E-state index in [2.05, 4.69) is 25.3 Å². The van der Waals surface area contributed by atoms with Crippen molar-refractivity contribution in [1.82, 2.24) is 15.0 Å². The van der Waals surface area contributed by atoms with Crippen LogP contribution in [0.2, 0.25) is 5.28 Å². The second-order valence-corrected chi connectivity index (χ2v) is 5.56. The smallest absolute Gasteiger partial charge is 0.430 e. The van der Waals surface area contributed by atoms with Gasteiger partial charge in [0, 0.05) is 31.2 Å². The van der Waals surface area contributed by atoms with Crippen molar-refractivity contribution in [1.29, 1.82) is 5.41 Å². The van der Waals surface area contributed by atoms with Gasteiger partial charge >= 0.3 is 6.18 Å². The Kier molecular flexibility index (Phi) is 6.88. The lowest BCUT2D eigenvalue weighted by molar-refractivity contribution is -0.0926. The van der Waals surface area contributed by atoms with Gasteiger partial charge in [-0.3, -0.25) is 0 Å². The van der Waals surface area contributed by atoms with Crippen LogP contribution in [0.25, 0.3) is 0 Å². The number of nitrogens with two attached hydrogens (primary N) is 1.